The molecule has 0 saturated carbocycles. The Bertz CT molecular complexity index is 386. The smallest absolute Gasteiger partial charge is 0.272 e. The second-order valence-corrected chi connectivity index (χ2v) is 4.35. The van der Waals surface area contributed by atoms with Gasteiger partial charge in [0.1, 0.15) is 5.69 Å². The lowest BCUT2D eigenvalue weighted by Crippen LogP contribution is -2.52. The minimum Gasteiger partial charge on any atom is -0.332 e. The van der Waals surface area contributed by atoms with Crippen LogP contribution in [0.3, 0.4) is 0 Å². The Labute approximate surface area is 124 Å². The molecule has 1 aromatic rings. The molecule has 0 radical (unpaired) electrons. The van der Waals surface area contributed by atoms with Crippen molar-refractivity contribution in [2.45, 2.75) is 13.0 Å². The van der Waals surface area contributed by atoms with Crippen molar-refractivity contribution in [2.24, 2.45) is 0 Å². The van der Waals surface area contributed by atoms with Gasteiger partial charge in [-0.05, 0) is 19.1 Å². The number of amides is 1. The second kappa shape index (κ2) is 7.79. The first-order valence-corrected chi connectivity index (χ1v) is 5.69. The standard InChI is InChI=1S/C11H14ClN3O.2ClH/c1-8-6-13-4-5-15(8)11(16)10-3-2-9(12)7-14-10;;/h2-3,7-8,13H,4-6H2,1H3;2*1H. The molecule has 0 aromatic carbocycles. The number of halogens is 3. The maximum atomic E-state index is 12.1. The number of pyridine rings is 1. The van der Waals surface area contributed by atoms with E-state index in [-0.39, 0.29) is 36.8 Å². The summed E-state index contributed by atoms with van der Waals surface area (Å²) in [5.41, 5.74) is 0.457. The van der Waals surface area contributed by atoms with Gasteiger partial charge in [0.2, 0.25) is 0 Å². The Hall–Kier alpha value is -0.550. The molecule has 18 heavy (non-hydrogen) atoms. The van der Waals surface area contributed by atoms with Crippen molar-refractivity contribution in [2.75, 3.05) is 19.6 Å². The van der Waals surface area contributed by atoms with Crippen LogP contribution in [0.5, 0.6) is 0 Å². The number of hydrogen-bond donors (Lipinski definition) is 1. The van der Waals surface area contributed by atoms with Crippen molar-refractivity contribution in [3.8, 4) is 0 Å². The molecule has 1 fully saturated rings. The number of hydrogen-bond acceptors (Lipinski definition) is 3. The zero-order valence-corrected chi connectivity index (χ0v) is 12.3. The van der Waals surface area contributed by atoms with Crippen LogP contribution in [0.1, 0.15) is 17.4 Å². The number of aromatic nitrogens is 1. The van der Waals surface area contributed by atoms with E-state index in [1.807, 2.05) is 11.8 Å². The molecule has 0 bridgehead atoms. The summed E-state index contributed by atoms with van der Waals surface area (Å²) in [6.07, 6.45) is 1.50. The minimum atomic E-state index is -0.0225. The molecule has 7 heteroatoms. The predicted octanol–water partition coefficient (Wildman–Crippen LogP) is 2.01. The quantitative estimate of drug-likeness (QED) is 0.863. The fourth-order valence-corrected chi connectivity index (χ4v) is 1.90. The molecule has 1 atom stereocenters. The first-order valence-electron chi connectivity index (χ1n) is 5.32. The summed E-state index contributed by atoms with van der Waals surface area (Å²) < 4.78 is 0. The fraction of sp³-hybridized carbons (Fsp3) is 0.455. The summed E-state index contributed by atoms with van der Waals surface area (Å²) in [6.45, 7) is 4.42. The topological polar surface area (TPSA) is 45.2 Å². The van der Waals surface area contributed by atoms with Gasteiger partial charge in [0.05, 0.1) is 5.02 Å². The third-order valence-corrected chi connectivity index (χ3v) is 2.93. The van der Waals surface area contributed by atoms with E-state index < -0.39 is 0 Å². The fourth-order valence-electron chi connectivity index (χ4n) is 1.79. The van der Waals surface area contributed by atoms with Gasteiger partial charge in [0.25, 0.3) is 5.91 Å². The number of carbonyl (C=O) groups excluding carboxylic acids is 1. The third-order valence-electron chi connectivity index (χ3n) is 2.71. The van der Waals surface area contributed by atoms with Gasteiger partial charge in [-0.1, -0.05) is 11.6 Å². The molecule has 1 N–H and O–H groups in total. The molecule has 0 aliphatic carbocycles. The number of carbonyl (C=O) groups is 1. The van der Waals surface area contributed by atoms with E-state index >= 15 is 0 Å². The Morgan fingerprint density at radius 3 is 2.78 bits per heavy atom. The molecular weight excluding hydrogens is 296 g/mol. The maximum Gasteiger partial charge on any atom is 0.272 e. The van der Waals surface area contributed by atoms with Crippen molar-refractivity contribution in [1.29, 1.82) is 0 Å². The highest BCUT2D eigenvalue weighted by atomic mass is 35.5. The Morgan fingerprint density at radius 2 is 2.22 bits per heavy atom. The molecule has 1 amide bonds. The monoisotopic (exact) mass is 311 g/mol. The zero-order chi connectivity index (χ0) is 11.5. The van der Waals surface area contributed by atoms with Crippen molar-refractivity contribution < 1.29 is 4.79 Å². The van der Waals surface area contributed by atoms with Gasteiger partial charge in [0, 0.05) is 31.9 Å². The van der Waals surface area contributed by atoms with E-state index in [0.29, 0.717) is 10.7 Å². The first-order chi connectivity index (χ1) is 7.68. The van der Waals surface area contributed by atoms with Crippen molar-refractivity contribution in [1.82, 2.24) is 15.2 Å². The average Bonchev–Trinajstić information content (AvgIpc) is 2.30. The molecule has 2 rings (SSSR count). The SMILES string of the molecule is CC1CNCCN1C(=O)c1ccc(Cl)cn1.Cl.Cl. The summed E-state index contributed by atoms with van der Waals surface area (Å²) >= 11 is 5.73. The van der Waals surface area contributed by atoms with Gasteiger partial charge in [-0.15, -0.1) is 24.8 Å². The van der Waals surface area contributed by atoms with E-state index in [1.165, 1.54) is 6.20 Å². The first kappa shape index (κ1) is 17.4. The summed E-state index contributed by atoms with van der Waals surface area (Å²) in [5.74, 6) is -0.0225. The zero-order valence-electron chi connectivity index (χ0n) is 9.93. The summed E-state index contributed by atoms with van der Waals surface area (Å²) in [4.78, 5) is 18.0. The van der Waals surface area contributed by atoms with E-state index in [0.717, 1.165) is 19.6 Å². The van der Waals surface area contributed by atoms with Crippen LogP contribution in [0.4, 0.5) is 0 Å². The van der Waals surface area contributed by atoms with Crippen LogP contribution >= 0.6 is 36.4 Å². The second-order valence-electron chi connectivity index (χ2n) is 3.91. The van der Waals surface area contributed by atoms with E-state index in [1.54, 1.807) is 12.1 Å². The molecule has 2 heterocycles. The molecule has 1 unspecified atom stereocenters. The molecule has 1 aromatic heterocycles. The van der Waals surface area contributed by atoms with Crippen molar-refractivity contribution in [3.63, 3.8) is 0 Å². The number of nitrogens with one attached hydrogen (secondary N) is 1. The Morgan fingerprint density at radius 1 is 1.50 bits per heavy atom. The normalized spacial score (nSPS) is 18.6. The lowest BCUT2D eigenvalue weighted by atomic mass is 10.2. The summed E-state index contributed by atoms with van der Waals surface area (Å²) in [6, 6.07) is 3.56. The number of nitrogens with zero attached hydrogens (tertiary/aromatic N) is 2. The summed E-state index contributed by atoms with van der Waals surface area (Å²) in [5, 5.41) is 3.79. The van der Waals surface area contributed by atoms with Gasteiger partial charge < -0.3 is 10.2 Å². The largest absolute Gasteiger partial charge is 0.332 e. The summed E-state index contributed by atoms with van der Waals surface area (Å²) in [7, 11) is 0. The predicted molar refractivity (Wildman–Crippen MR) is 77.1 cm³/mol. The highest BCUT2D eigenvalue weighted by molar-refractivity contribution is 6.30. The highest BCUT2D eigenvalue weighted by Crippen LogP contribution is 2.11. The minimum absolute atomic E-state index is 0. The lowest BCUT2D eigenvalue weighted by Gasteiger charge is -2.33. The van der Waals surface area contributed by atoms with Gasteiger partial charge >= 0.3 is 0 Å². The van der Waals surface area contributed by atoms with E-state index in [9.17, 15) is 4.79 Å². The average molecular weight is 313 g/mol. The van der Waals surface area contributed by atoms with Crippen LogP contribution in [0.25, 0.3) is 0 Å². The molecular formula is C11H16Cl3N3O. The Kier molecular flexibility index (Phi) is 7.55. The van der Waals surface area contributed by atoms with Gasteiger partial charge in [0.15, 0.2) is 0 Å². The highest BCUT2D eigenvalue weighted by Gasteiger charge is 2.24. The van der Waals surface area contributed by atoms with Gasteiger partial charge in [-0.2, -0.15) is 0 Å². The van der Waals surface area contributed by atoms with Gasteiger partial charge in [-0.25, -0.2) is 4.98 Å². The maximum absolute atomic E-state index is 12.1. The van der Waals surface area contributed by atoms with E-state index in [2.05, 4.69) is 10.3 Å². The van der Waals surface area contributed by atoms with Crippen LogP contribution in [-0.4, -0.2) is 41.5 Å². The molecule has 1 aliphatic rings. The van der Waals surface area contributed by atoms with Gasteiger partial charge in [-0.3, -0.25) is 4.79 Å². The Balaban J connectivity index is 0.00000144. The van der Waals surface area contributed by atoms with Crippen LogP contribution in [0.15, 0.2) is 18.3 Å². The molecule has 4 nitrogen and oxygen atoms in total. The van der Waals surface area contributed by atoms with Crippen LogP contribution in [0.2, 0.25) is 5.02 Å². The molecule has 0 spiro atoms. The molecule has 102 valence electrons. The van der Waals surface area contributed by atoms with E-state index in [4.69, 9.17) is 11.6 Å². The van der Waals surface area contributed by atoms with Crippen LogP contribution in [-0.2, 0) is 0 Å². The van der Waals surface area contributed by atoms with Crippen LogP contribution < -0.4 is 5.32 Å². The molecule has 1 aliphatic heterocycles. The van der Waals surface area contributed by atoms with Crippen molar-refractivity contribution >= 4 is 42.3 Å². The lowest BCUT2D eigenvalue weighted by molar-refractivity contribution is 0.0649. The third kappa shape index (κ3) is 3.99. The molecule has 1 saturated heterocycles. The van der Waals surface area contributed by atoms with Crippen LogP contribution in [0, 0.1) is 0 Å². The van der Waals surface area contributed by atoms with Crippen molar-refractivity contribution in [3.05, 3.63) is 29.0 Å². The number of rotatable bonds is 1. The number of piperazine rings is 1.